The highest BCUT2D eigenvalue weighted by molar-refractivity contribution is 6.05. The van der Waals surface area contributed by atoms with E-state index in [4.69, 9.17) is 0 Å². The Morgan fingerprint density at radius 2 is 1.85 bits per heavy atom. The van der Waals surface area contributed by atoms with Crippen molar-refractivity contribution in [1.29, 1.82) is 0 Å². The molecule has 2 N–H and O–H groups in total. The summed E-state index contributed by atoms with van der Waals surface area (Å²) in [6.45, 7) is 7.97. The molecule has 1 saturated carbocycles. The molecule has 0 radical (unpaired) electrons. The Kier molecular flexibility index (Phi) is 6.70. The zero-order valence-corrected chi connectivity index (χ0v) is 21.0. The monoisotopic (exact) mass is 463 g/mol. The summed E-state index contributed by atoms with van der Waals surface area (Å²) in [5.41, 5.74) is 3.50. The lowest BCUT2D eigenvalue weighted by atomic mass is 9.75. The first-order chi connectivity index (χ1) is 16.1. The van der Waals surface area contributed by atoms with E-state index >= 15 is 0 Å². The maximum Gasteiger partial charge on any atom is 0.268 e. The van der Waals surface area contributed by atoms with Crippen LogP contribution < -0.4 is 5.32 Å². The van der Waals surface area contributed by atoms with Crippen molar-refractivity contribution in [1.82, 2.24) is 15.2 Å². The zero-order valence-electron chi connectivity index (χ0n) is 21.0. The summed E-state index contributed by atoms with van der Waals surface area (Å²) in [5, 5.41) is 3.02. The molecular formula is C28H37N3O3. The lowest BCUT2D eigenvalue weighted by Crippen LogP contribution is -2.48. The smallest absolute Gasteiger partial charge is 0.268 e. The molecular weight excluding hydrogens is 426 g/mol. The number of likely N-dealkylation sites (N-methyl/N-ethyl adjacent to an activating group) is 1. The number of carbonyl (C=O) groups is 3. The third-order valence-electron chi connectivity index (χ3n) is 7.50. The van der Waals surface area contributed by atoms with Crippen molar-refractivity contribution in [2.45, 2.75) is 78.3 Å². The molecule has 0 unspecified atom stereocenters. The second-order valence-electron chi connectivity index (χ2n) is 11.0. The molecule has 1 heterocycles. The number of hydrogen-bond donors (Lipinski definition) is 2. The predicted molar refractivity (Wildman–Crippen MR) is 133 cm³/mol. The number of aromatic amines is 1. The Balaban J connectivity index is 1.53. The molecule has 34 heavy (non-hydrogen) atoms. The number of benzene rings is 1. The van der Waals surface area contributed by atoms with Gasteiger partial charge >= 0.3 is 0 Å². The molecule has 0 spiro atoms. The summed E-state index contributed by atoms with van der Waals surface area (Å²) in [5.74, 6) is 0.337. The predicted octanol–water partition coefficient (Wildman–Crippen LogP) is 4.99. The third kappa shape index (κ3) is 5.11. The van der Waals surface area contributed by atoms with Gasteiger partial charge in [0.25, 0.3) is 5.91 Å². The number of nitrogens with zero attached hydrogens (tertiary/aromatic N) is 1. The van der Waals surface area contributed by atoms with Gasteiger partial charge in [0.15, 0.2) is 5.78 Å². The maximum absolute atomic E-state index is 13.5. The first-order valence-electron chi connectivity index (χ1n) is 12.4. The first-order valence-corrected chi connectivity index (χ1v) is 12.4. The molecule has 0 bridgehead atoms. The summed E-state index contributed by atoms with van der Waals surface area (Å²) in [4.78, 5) is 44.6. The average Bonchev–Trinajstić information content (AvgIpc) is 3.56. The fraction of sp³-hybridized carbons (Fsp3) is 0.536. The van der Waals surface area contributed by atoms with Gasteiger partial charge in [-0.2, -0.15) is 0 Å². The van der Waals surface area contributed by atoms with E-state index in [1.807, 2.05) is 44.2 Å². The van der Waals surface area contributed by atoms with Crippen LogP contribution in [0.3, 0.4) is 0 Å². The fourth-order valence-electron chi connectivity index (χ4n) is 5.15. The van der Waals surface area contributed by atoms with Crippen LogP contribution in [-0.4, -0.2) is 40.6 Å². The molecule has 1 aromatic heterocycles. The van der Waals surface area contributed by atoms with E-state index in [2.05, 4.69) is 24.1 Å². The second kappa shape index (κ2) is 9.40. The SMILES string of the molecule is Cc1c(C(=O)N[C@@H](CCC2CC2)C(=O)N(C)[C@@H](C)c2ccccc2)[nH]c2c1C(=O)CC(C)(C)C2. The van der Waals surface area contributed by atoms with Crippen LogP contribution in [0.1, 0.15) is 96.6 Å². The van der Waals surface area contributed by atoms with Crippen LogP contribution in [-0.2, 0) is 11.2 Å². The van der Waals surface area contributed by atoms with Gasteiger partial charge in [-0.1, -0.05) is 57.0 Å². The molecule has 2 amide bonds. The van der Waals surface area contributed by atoms with Crippen molar-refractivity contribution in [3.8, 4) is 0 Å². The number of hydrogen-bond acceptors (Lipinski definition) is 3. The minimum absolute atomic E-state index is 0.0804. The fourth-order valence-corrected chi connectivity index (χ4v) is 5.15. The number of carbonyl (C=O) groups excluding carboxylic acids is 3. The molecule has 4 rings (SSSR count). The highest BCUT2D eigenvalue weighted by atomic mass is 16.2. The minimum Gasteiger partial charge on any atom is -0.354 e. The van der Waals surface area contributed by atoms with Crippen molar-refractivity contribution in [3.05, 3.63) is 58.4 Å². The van der Waals surface area contributed by atoms with Crippen molar-refractivity contribution in [2.24, 2.45) is 11.3 Å². The lowest BCUT2D eigenvalue weighted by molar-refractivity contribution is -0.134. The zero-order chi connectivity index (χ0) is 24.6. The maximum atomic E-state index is 13.5. The largest absolute Gasteiger partial charge is 0.354 e. The lowest BCUT2D eigenvalue weighted by Gasteiger charge is -2.30. The molecule has 0 saturated heterocycles. The van der Waals surface area contributed by atoms with Gasteiger partial charge in [0.1, 0.15) is 11.7 Å². The Hall–Kier alpha value is -2.89. The number of aromatic nitrogens is 1. The third-order valence-corrected chi connectivity index (χ3v) is 7.50. The number of H-pyrrole nitrogens is 1. The van der Waals surface area contributed by atoms with Crippen molar-refractivity contribution in [3.63, 3.8) is 0 Å². The molecule has 2 aliphatic rings. The molecule has 2 aromatic rings. The highest BCUT2D eigenvalue weighted by Gasteiger charge is 2.36. The van der Waals surface area contributed by atoms with Gasteiger partial charge < -0.3 is 15.2 Å². The Morgan fingerprint density at radius 1 is 1.18 bits per heavy atom. The minimum atomic E-state index is -0.601. The number of amides is 2. The van der Waals surface area contributed by atoms with Crippen LogP contribution in [0.4, 0.5) is 0 Å². The quantitative estimate of drug-likeness (QED) is 0.579. The van der Waals surface area contributed by atoms with Gasteiger partial charge in [0.05, 0.1) is 6.04 Å². The van der Waals surface area contributed by atoms with E-state index in [-0.39, 0.29) is 29.1 Å². The van der Waals surface area contributed by atoms with Crippen molar-refractivity contribution in [2.75, 3.05) is 7.05 Å². The average molecular weight is 464 g/mol. The van der Waals surface area contributed by atoms with Gasteiger partial charge in [0, 0.05) is 24.7 Å². The summed E-state index contributed by atoms with van der Waals surface area (Å²) < 4.78 is 0. The number of fused-ring (bicyclic) bond motifs is 1. The second-order valence-corrected chi connectivity index (χ2v) is 11.0. The van der Waals surface area contributed by atoms with Crippen LogP contribution in [0.2, 0.25) is 0 Å². The van der Waals surface area contributed by atoms with Crippen LogP contribution in [0.25, 0.3) is 0 Å². The topological polar surface area (TPSA) is 82.3 Å². The van der Waals surface area contributed by atoms with Crippen molar-refractivity contribution >= 4 is 17.6 Å². The Bertz CT molecular complexity index is 1080. The summed E-state index contributed by atoms with van der Waals surface area (Å²) in [6.07, 6.45) is 5.15. The van der Waals surface area contributed by atoms with Crippen LogP contribution in [0.15, 0.2) is 30.3 Å². The molecule has 2 atom stereocenters. The standard InChI is InChI=1S/C28H37N3O3/c1-17-24-22(15-28(3,4)16-23(24)32)29-25(17)26(33)30-21(14-13-19-11-12-19)27(34)31(5)18(2)20-9-7-6-8-10-20/h6-10,18-19,21,29H,11-16H2,1-5H3,(H,30,33)/t18-,21-/m0/s1. The summed E-state index contributed by atoms with van der Waals surface area (Å²) in [7, 11) is 1.80. The highest BCUT2D eigenvalue weighted by Crippen LogP contribution is 2.37. The Labute approximate surface area is 202 Å². The normalized spacial score (nSPS) is 18.7. The number of ketones is 1. The van der Waals surface area contributed by atoms with Gasteiger partial charge in [-0.3, -0.25) is 14.4 Å². The van der Waals surface area contributed by atoms with Gasteiger partial charge in [-0.15, -0.1) is 0 Å². The van der Waals surface area contributed by atoms with Gasteiger partial charge in [-0.05, 0) is 55.6 Å². The molecule has 6 heteroatoms. The number of nitrogens with one attached hydrogen (secondary N) is 2. The summed E-state index contributed by atoms with van der Waals surface area (Å²) >= 11 is 0. The molecule has 6 nitrogen and oxygen atoms in total. The van der Waals surface area contributed by atoms with E-state index in [1.54, 1.807) is 11.9 Å². The van der Waals surface area contributed by atoms with Crippen molar-refractivity contribution < 1.29 is 14.4 Å². The number of rotatable bonds is 8. The van der Waals surface area contributed by atoms with Gasteiger partial charge in [-0.25, -0.2) is 0 Å². The van der Waals surface area contributed by atoms with Gasteiger partial charge in [0.2, 0.25) is 5.91 Å². The van der Waals surface area contributed by atoms with E-state index in [9.17, 15) is 14.4 Å². The first kappa shape index (κ1) is 24.2. The number of Topliss-reactive ketones (excluding diaryl/α,β-unsaturated/α-hetero) is 1. The van der Waals surface area contributed by atoms with Crippen LogP contribution >= 0.6 is 0 Å². The van der Waals surface area contributed by atoms with Crippen LogP contribution in [0.5, 0.6) is 0 Å². The summed E-state index contributed by atoms with van der Waals surface area (Å²) in [6, 6.07) is 9.21. The van der Waals surface area contributed by atoms with Crippen LogP contribution in [0, 0.1) is 18.3 Å². The van der Waals surface area contributed by atoms with E-state index in [1.165, 1.54) is 12.8 Å². The molecule has 1 aromatic carbocycles. The van der Waals surface area contributed by atoms with E-state index < -0.39 is 6.04 Å². The van der Waals surface area contributed by atoms with E-state index in [0.29, 0.717) is 35.6 Å². The molecule has 182 valence electrons. The van der Waals surface area contributed by atoms with E-state index in [0.717, 1.165) is 24.1 Å². The molecule has 0 aliphatic heterocycles. The molecule has 2 aliphatic carbocycles. The Morgan fingerprint density at radius 3 is 2.50 bits per heavy atom. The molecule has 1 fully saturated rings.